The van der Waals surface area contributed by atoms with Crippen LogP contribution in [0.25, 0.3) is 5.52 Å². The van der Waals surface area contributed by atoms with Crippen LogP contribution in [0.1, 0.15) is 42.9 Å². The van der Waals surface area contributed by atoms with E-state index in [2.05, 4.69) is 10.3 Å². The Labute approximate surface area is 159 Å². The Balaban J connectivity index is 2.06. The Hall–Kier alpha value is -2.67. The van der Waals surface area contributed by atoms with Crippen molar-refractivity contribution in [3.63, 3.8) is 0 Å². The zero-order chi connectivity index (χ0) is 19.8. The van der Waals surface area contributed by atoms with Crippen molar-refractivity contribution in [3.05, 3.63) is 66.0 Å². The smallest absolute Gasteiger partial charge is 0.272 e. The Morgan fingerprint density at radius 2 is 1.70 bits per heavy atom. The van der Waals surface area contributed by atoms with Crippen LogP contribution in [0.15, 0.2) is 59.9 Å². The molecule has 3 aromatic rings. The molecule has 1 N–H and O–H groups in total. The number of sulfone groups is 1. The van der Waals surface area contributed by atoms with E-state index in [0.29, 0.717) is 5.52 Å². The normalized spacial score (nSPS) is 13.5. The highest BCUT2D eigenvalue weighted by Gasteiger charge is 2.30. The summed E-state index contributed by atoms with van der Waals surface area (Å²) in [6.07, 6.45) is 2.67. The molecule has 2 heterocycles. The number of nitrogens with one attached hydrogen (secondary N) is 1. The highest BCUT2D eigenvalue weighted by Crippen LogP contribution is 2.33. The summed E-state index contributed by atoms with van der Waals surface area (Å²) in [7, 11) is -3.58. The summed E-state index contributed by atoms with van der Waals surface area (Å²) in [6, 6.07) is 14.6. The number of hydrogen-bond acceptors (Lipinski definition) is 4. The van der Waals surface area contributed by atoms with Gasteiger partial charge in [-0.1, -0.05) is 57.2 Å². The highest BCUT2D eigenvalue weighted by atomic mass is 32.2. The summed E-state index contributed by atoms with van der Waals surface area (Å²) in [4.78, 5) is 17.2. The summed E-state index contributed by atoms with van der Waals surface area (Å²) in [6.45, 7) is 6.12. The third-order valence-corrected chi connectivity index (χ3v) is 5.29. The van der Waals surface area contributed by atoms with E-state index in [-0.39, 0.29) is 22.3 Å². The second kappa shape index (κ2) is 6.81. The maximum Gasteiger partial charge on any atom is 0.272 e. The molecular formula is C20H23N3O3S. The van der Waals surface area contributed by atoms with Crippen molar-refractivity contribution in [3.8, 4) is 0 Å². The number of carbonyl (C=O) groups is 1. The van der Waals surface area contributed by atoms with Crippen molar-refractivity contribution >= 4 is 21.3 Å². The van der Waals surface area contributed by atoms with E-state index in [1.54, 1.807) is 24.4 Å². The first-order chi connectivity index (χ1) is 12.6. The number of fused-ring (bicyclic) bond motifs is 1. The number of rotatable bonds is 4. The van der Waals surface area contributed by atoms with Crippen LogP contribution in [0.4, 0.5) is 0 Å². The molecule has 0 fully saturated rings. The molecule has 1 atom stereocenters. The minimum Gasteiger partial charge on any atom is -0.343 e. The molecule has 142 valence electrons. The average Bonchev–Trinajstić information content (AvgIpc) is 2.99. The molecule has 0 bridgehead atoms. The lowest BCUT2D eigenvalue weighted by atomic mass is 9.82. The van der Waals surface area contributed by atoms with Gasteiger partial charge in [-0.3, -0.25) is 9.20 Å². The van der Waals surface area contributed by atoms with Crippen molar-refractivity contribution in [1.82, 2.24) is 14.7 Å². The maximum atomic E-state index is 13.0. The van der Waals surface area contributed by atoms with Gasteiger partial charge in [0.1, 0.15) is 0 Å². The van der Waals surface area contributed by atoms with Gasteiger partial charge < -0.3 is 5.32 Å². The number of carbonyl (C=O) groups excluding carboxylic acids is 1. The van der Waals surface area contributed by atoms with E-state index in [1.807, 2.05) is 51.1 Å². The molecule has 0 aliphatic rings. The van der Waals surface area contributed by atoms with Crippen molar-refractivity contribution < 1.29 is 13.2 Å². The first kappa shape index (κ1) is 19.1. The van der Waals surface area contributed by atoms with E-state index in [4.69, 9.17) is 0 Å². The Bertz CT molecular complexity index is 1080. The number of aromatic nitrogens is 2. The van der Waals surface area contributed by atoms with E-state index in [0.717, 1.165) is 11.8 Å². The van der Waals surface area contributed by atoms with Crippen LogP contribution in [0.3, 0.4) is 0 Å². The van der Waals surface area contributed by atoms with Gasteiger partial charge in [-0.05, 0) is 23.1 Å². The van der Waals surface area contributed by atoms with Gasteiger partial charge in [0, 0.05) is 12.5 Å². The molecule has 3 rings (SSSR count). The van der Waals surface area contributed by atoms with E-state index in [1.165, 1.54) is 4.40 Å². The summed E-state index contributed by atoms with van der Waals surface area (Å²) >= 11 is 0. The molecule has 0 aliphatic heterocycles. The Morgan fingerprint density at radius 3 is 2.30 bits per heavy atom. The van der Waals surface area contributed by atoms with Gasteiger partial charge in [0.25, 0.3) is 5.91 Å². The number of nitrogens with zero attached hydrogens (tertiary/aromatic N) is 2. The second-order valence-corrected chi connectivity index (χ2v) is 9.56. The molecule has 0 aliphatic carbocycles. The van der Waals surface area contributed by atoms with Gasteiger partial charge in [0.15, 0.2) is 5.69 Å². The van der Waals surface area contributed by atoms with Crippen LogP contribution in [-0.2, 0) is 9.84 Å². The van der Waals surface area contributed by atoms with Crippen LogP contribution in [0.2, 0.25) is 0 Å². The fraction of sp³-hybridized carbons (Fsp3) is 0.300. The largest absolute Gasteiger partial charge is 0.343 e. The van der Waals surface area contributed by atoms with Crippen LogP contribution in [0, 0.1) is 5.41 Å². The van der Waals surface area contributed by atoms with Crippen molar-refractivity contribution in [1.29, 1.82) is 0 Å². The second-order valence-electron chi connectivity index (χ2n) is 7.65. The molecule has 1 aromatic carbocycles. The third-order valence-electron chi connectivity index (χ3n) is 4.34. The van der Waals surface area contributed by atoms with Crippen LogP contribution in [0.5, 0.6) is 0 Å². The first-order valence-electron chi connectivity index (χ1n) is 8.62. The van der Waals surface area contributed by atoms with Gasteiger partial charge in [0.2, 0.25) is 15.0 Å². The molecule has 6 nitrogen and oxygen atoms in total. The predicted molar refractivity (Wildman–Crippen MR) is 104 cm³/mol. The number of hydrogen-bond donors (Lipinski definition) is 1. The van der Waals surface area contributed by atoms with Crippen molar-refractivity contribution in [2.45, 2.75) is 32.0 Å². The van der Waals surface area contributed by atoms with Crippen LogP contribution >= 0.6 is 0 Å². The summed E-state index contributed by atoms with van der Waals surface area (Å²) in [5.74, 6) is -0.405. The zero-order valence-corrected chi connectivity index (χ0v) is 16.6. The monoisotopic (exact) mass is 385 g/mol. The molecular weight excluding hydrogens is 362 g/mol. The fourth-order valence-electron chi connectivity index (χ4n) is 3.08. The van der Waals surface area contributed by atoms with Gasteiger partial charge in [0.05, 0.1) is 11.6 Å². The molecule has 1 unspecified atom stereocenters. The molecule has 2 aromatic heterocycles. The van der Waals surface area contributed by atoms with Gasteiger partial charge in [-0.2, -0.15) is 0 Å². The van der Waals surface area contributed by atoms with Crippen LogP contribution in [-0.4, -0.2) is 30.0 Å². The van der Waals surface area contributed by atoms with Gasteiger partial charge in [-0.15, -0.1) is 0 Å². The van der Waals surface area contributed by atoms with E-state index in [9.17, 15) is 13.2 Å². The molecule has 0 spiro atoms. The maximum absolute atomic E-state index is 13.0. The molecule has 0 radical (unpaired) electrons. The highest BCUT2D eigenvalue weighted by molar-refractivity contribution is 7.90. The summed E-state index contributed by atoms with van der Waals surface area (Å²) < 4.78 is 25.6. The van der Waals surface area contributed by atoms with Gasteiger partial charge in [-0.25, -0.2) is 13.4 Å². The topological polar surface area (TPSA) is 80.5 Å². The molecule has 0 saturated carbocycles. The summed E-state index contributed by atoms with van der Waals surface area (Å²) in [5.41, 5.74) is 1.29. The quantitative estimate of drug-likeness (QED) is 0.747. The average molecular weight is 385 g/mol. The van der Waals surface area contributed by atoms with Crippen molar-refractivity contribution in [2.75, 3.05) is 6.26 Å². The lowest BCUT2D eigenvalue weighted by molar-refractivity contribution is 0.0898. The van der Waals surface area contributed by atoms with Gasteiger partial charge >= 0.3 is 0 Å². The Kier molecular flexibility index (Phi) is 4.82. The predicted octanol–water partition coefficient (Wildman–Crippen LogP) is 3.26. The minimum absolute atomic E-state index is 0.0983. The number of benzene rings is 1. The first-order valence-corrected chi connectivity index (χ1v) is 10.5. The van der Waals surface area contributed by atoms with Crippen molar-refractivity contribution in [2.24, 2.45) is 5.41 Å². The standard InChI is InChI=1S/C20H23N3O3S/c1-20(2,3)17(14-10-6-5-7-11-14)22-18(24)16-15-12-8-9-13-23(15)19(21-16)27(4,25)26/h5-13,17H,1-4H3,(H,22,24). The van der Waals surface area contributed by atoms with Crippen LogP contribution < -0.4 is 5.32 Å². The fourth-order valence-corrected chi connectivity index (χ4v) is 3.86. The summed E-state index contributed by atoms with van der Waals surface area (Å²) in [5, 5.41) is 2.89. The number of imidazole rings is 1. The molecule has 27 heavy (non-hydrogen) atoms. The molecule has 0 saturated heterocycles. The van der Waals surface area contributed by atoms with E-state index >= 15 is 0 Å². The molecule has 7 heteroatoms. The lowest BCUT2D eigenvalue weighted by Gasteiger charge is -2.31. The third kappa shape index (κ3) is 3.88. The number of pyridine rings is 1. The zero-order valence-electron chi connectivity index (χ0n) is 15.8. The number of amides is 1. The SMILES string of the molecule is CC(C)(C)C(NC(=O)c1nc(S(C)(=O)=O)n2ccccc12)c1ccccc1. The van der Waals surface area contributed by atoms with E-state index < -0.39 is 15.7 Å². The Morgan fingerprint density at radius 1 is 1.07 bits per heavy atom. The lowest BCUT2D eigenvalue weighted by Crippen LogP contribution is -2.36. The molecule has 1 amide bonds. The minimum atomic E-state index is -3.58.